The van der Waals surface area contributed by atoms with Crippen LogP contribution in [0.4, 0.5) is 0 Å². The normalized spacial score (nSPS) is 13.9. The summed E-state index contributed by atoms with van der Waals surface area (Å²) in [6.07, 6.45) is -0.429. The van der Waals surface area contributed by atoms with Crippen molar-refractivity contribution in [2.75, 3.05) is 33.7 Å². The summed E-state index contributed by atoms with van der Waals surface area (Å²) in [5, 5.41) is 13.4. The molecular weight excluding hydrogens is 224 g/mol. The van der Waals surface area contributed by atoms with Gasteiger partial charge in [0.1, 0.15) is 0 Å². The van der Waals surface area contributed by atoms with Crippen molar-refractivity contribution in [2.24, 2.45) is 5.41 Å². The summed E-state index contributed by atoms with van der Waals surface area (Å²) in [5.74, 6) is 0. The minimum absolute atomic E-state index is 0.208. The second-order valence-corrected chi connectivity index (χ2v) is 5.96. The molecule has 3 heteroatoms. The average Bonchev–Trinajstić information content (AvgIpc) is 2.28. The predicted molar refractivity (Wildman–Crippen MR) is 76.6 cm³/mol. The van der Waals surface area contributed by atoms with Gasteiger partial charge in [-0.1, -0.05) is 44.2 Å². The number of aliphatic hydroxyl groups excluding tert-OH is 1. The molecule has 0 fully saturated rings. The molecule has 0 bridgehead atoms. The molecule has 2 N–H and O–H groups in total. The zero-order valence-corrected chi connectivity index (χ0v) is 12.0. The highest BCUT2D eigenvalue weighted by Gasteiger charge is 2.18. The van der Waals surface area contributed by atoms with Gasteiger partial charge < -0.3 is 15.3 Å². The summed E-state index contributed by atoms with van der Waals surface area (Å²) in [7, 11) is 4.17. The van der Waals surface area contributed by atoms with Crippen LogP contribution in [0.15, 0.2) is 30.3 Å². The van der Waals surface area contributed by atoms with Crippen LogP contribution in [-0.4, -0.2) is 43.7 Å². The van der Waals surface area contributed by atoms with E-state index in [0.29, 0.717) is 6.54 Å². The van der Waals surface area contributed by atoms with Crippen LogP contribution in [0, 0.1) is 5.41 Å². The fourth-order valence-electron chi connectivity index (χ4n) is 2.25. The standard InChI is InChI=1S/C15H26N2O/c1-15(2,12-17(3)4)11-16-10-14(18)13-8-6-5-7-9-13/h5-9,14,16,18H,10-12H2,1-4H3/t14-/m0/s1. The van der Waals surface area contributed by atoms with E-state index < -0.39 is 6.10 Å². The Hall–Kier alpha value is -0.900. The van der Waals surface area contributed by atoms with Gasteiger partial charge in [-0.15, -0.1) is 0 Å². The molecule has 0 spiro atoms. The summed E-state index contributed by atoms with van der Waals surface area (Å²) in [5.41, 5.74) is 1.18. The molecule has 102 valence electrons. The number of nitrogens with zero attached hydrogens (tertiary/aromatic N) is 1. The monoisotopic (exact) mass is 250 g/mol. The van der Waals surface area contributed by atoms with Crippen LogP contribution in [0.25, 0.3) is 0 Å². The highest BCUT2D eigenvalue weighted by Crippen LogP contribution is 2.15. The van der Waals surface area contributed by atoms with Crippen LogP contribution in [0.5, 0.6) is 0 Å². The van der Waals surface area contributed by atoms with E-state index in [4.69, 9.17) is 0 Å². The zero-order valence-electron chi connectivity index (χ0n) is 12.0. The Morgan fingerprint density at radius 2 is 1.83 bits per heavy atom. The van der Waals surface area contributed by atoms with Gasteiger partial charge in [-0.05, 0) is 25.1 Å². The van der Waals surface area contributed by atoms with Crippen LogP contribution in [0.2, 0.25) is 0 Å². The Balaban J connectivity index is 2.33. The second kappa shape index (κ2) is 6.88. The van der Waals surface area contributed by atoms with Gasteiger partial charge in [0.05, 0.1) is 6.10 Å². The van der Waals surface area contributed by atoms with Gasteiger partial charge in [0.25, 0.3) is 0 Å². The van der Waals surface area contributed by atoms with E-state index in [9.17, 15) is 5.11 Å². The summed E-state index contributed by atoms with van der Waals surface area (Å²) < 4.78 is 0. The Morgan fingerprint density at radius 3 is 2.39 bits per heavy atom. The lowest BCUT2D eigenvalue weighted by Crippen LogP contribution is -2.38. The third-order valence-corrected chi connectivity index (χ3v) is 2.87. The van der Waals surface area contributed by atoms with Crippen LogP contribution in [-0.2, 0) is 0 Å². The third kappa shape index (κ3) is 5.63. The molecule has 0 aliphatic carbocycles. The quantitative estimate of drug-likeness (QED) is 0.776. The molecular formula is C15H26N2O. The summed E-state index contributed by atoms with van der Waals surface area (Å²) in [6, 6.07) is 9.78. The van der Waals surface area contributed by atoms with Crippen molar-refractivity contribution < 1.29 is 5.11 Å². The van der Waals surface area contributed by atoms with Crippen molar-refractivity contribution in [1.29, 1.82) is 0 Å². The molecule has 3 nitrogen and oxygen atoms in total. The van der Waals surface area contributed by atoms with Crippen LogP contribution in [0.1, 0.15) is 25.5 Å². The SMILES string of the molecule is CN(C)CC(C)(C)CNC[C@H](O)c1ccccc1. The van der Waals surface area contributed by atoms with Gasteiger partial charge in [0, 0.05) is 19.6 Å². The predicted octanol–water partition coefficient (Wildman–Crippen LogP) is 1.90. The lowest BCUT2D eigenvalue weighted by molar-refractivity contribution is 0.162. The van der Waals surface area contributed by atoms with Gasteiger partial charge in [-0.3, -0.25) is 0 Å². The van der Waals surface area contributed by atoms with Crippen molar-refractivity contribution in [3.05, 3.63) is 35.9 Å². The Bertz CT molecular complexity index is 336. The number of nitrogens with one attached hydrogen (secondary N) is 1. The Labute approximate surface area is 111 Å². The van der Waals surface area contributed by atoms with Crippen molar-refractivity contribution in [2.45, 2.75) is 20.0 Å². The van der Waals surface area contributed by atoms with Gasteiger partial charge in [-0.2, -0.15) is 0 Å². The summed E-state index contributed by atoms with van der Waals surface area (Å²) >= 11 is 0. The van der Waals surface area contributed by atoms with Crippen molar-refractivity contribution in [1.82, 2.24) is 10.2 Å². The van der Waals surface area contributed by atoms with Crippen LogP contribution >= 0.6 is 0 Å². The molecule has 1 rings (SSSR count). The number of rotatable bonds is 7. The summed E-state index contributed by atoms with van der Waals surface area (Å²) in [4.78, 5) is 2.19. The molecule has 18 heavy (non-hydrogen) atoms. The highest BCUT2D eigenvalue weighted by atomic mass is 16.3. The molecule has 0 amide bonds. The Kier molecular flexibility index (Phi) is 5.79. The maximum Gasteiger partial charge on any atom is 0.0914 e. The molecule has 1 aromatic rings. The van der Waals surface area contributed by atoms with Crippen molar-refractivity contribution >= 4 is 0 Å². The first-order valence-corrected chi connectivity index (χ1v) is 6.49. The molecule has 0 aromatic heterocycles. The highest BCUT2D eigenvalue weighted by molar-refractivity contribution is 5.17. The van der Waals surface area contributed by atoms with E-state index in [1.807, 2.05) is 30.3 Å². The van der Waals surface area contributed by atoms with Crippen molar-refractivity contribution in [3.63, 3.8) is 0 Å². The molecule has 0 aliphatic heterocycles. The largest absolute Gasteiger partial charge is 0.387 e. The summed E-state index contributed by atoms with van der Waals surface area (Å²) in [6.45, 7) is 6.99. The lowest BCUT2D eigenvalue weighted by atomic mass is 9.93. The number of hydrogen-bond donors (Lipinski definition) is 2. The minimum Gasteiger partial charge on any atom is -0.387 e. The molecule has 1 aromatic carbocycles. The van der Waals surface area contributed by atoms with Gasteiger partial charge in [0.2, 0.25) is 0 Å². The molecule has 1 atom stereocenters. The zero-order chi connectivity index (χ0) is 13.6. The Morgan fingerprint density at radius 1 is 1.22 bits per heavy atom. The van der Waals surface area contributed by atoms with E-state index in [-0.39, 0.29) is 5.41 Å². The molecule has 0 unspecified atom stereocenters. The molecule has 0 radical (unpaired) electrons. The smallest absolute Gasteiger partial charge is 0.0914 e. The maximum atomic E-state index is 10.0. The fraction of sp³-hybridized carbons (Fsp3) is 0.600. The second-order valence-electron chi connectivity index (χ2n) is 5.96. The third-order valence-electron chi connectivity index (χ3n) is 2.87. The van der Waals surface area contributed by atoms with Gasteiger partial charge in [0.15, 0.2) is 0 Å². The first-order chi connectivity index (χ1) is 8.41. The van der Waals surface area contributed by atoms with Gasteiger partial charge >= 0.3 is 0 Å². The number of benzene rings is 1. The first kappa shape index (κ1) is 15.2. The van der Waals surface area contributed by atoms with E-state index in [2.05, 4.69) is 38.2 Å². The van der Waals surface area contributed by atoms with E-state index >= 15 is 0 Å². The molecule has 0 heterocycles. The van der Waals surface area contributed by atoms with Crippen LogP contribution < -0.4 is 5.32 Å². The van der Waals surface area contributed by atoms with Gasteiger partial charge in [-0.25, -0.2) is 0 Å². The van der Waals surface area contributed by atoms with E-state index in [1.165, 1.54) is 0 Å². The molecule has 0 aliphatic rings. The fourth-order valence-corrected chi connectivity index (χ4v) is 2.25. The minimum atomic E-state index is -0.429. The molecule has 0 saturated heterocycles. The van der Waals surface area contributed by atoms with E-state index in [1.54, 1.807) is 0 Å². The number of aliphatic hydroxyl groups is 1. The first-order valence-electron chi connectivity index (χ1n) is 6.49. The number of hydrogen-bond acceptors (Lipinski definition) is 3. The topological polar surface area (TPSA) is 35.5 Å². The lowest BCUT2D eigenvalue weighted by Gasteiger charge is -2.29. The van der Waals surface area contributed by atoms with Crippen LogP contribution in [0.3, 0.4) is 0 Å². The molecule has 0 saturated carbocycles. The van der Waals surface area contributed by atoms with Crippen molar-refractivity contribution in [3.8, 4) is 0 Å². The van der Waals surface area contributed by atoms with E-state index in [0.717, 1.165) is 18.7 Å². The average molecular weight is 250 g/mol. The maximum absolute atomic E-state index is 10.0.